The molecule has 678 valence electrons. The lowest BCUT2D eigenvalue weighted by Crippen LogP contribution is -2.00. The molecule has 0 bridgehead atoms. The molecule has 0 aliphatic heterocycles. The number of aromatic nitrogens is 15. The van der Waals surface area contributed by atoms with Crippen molar-refractivity contribution in [3.63, 3.8) is 0 Å². The van der Waals surface area contributed by atoms with Crippen LogP contribution in [0.15, 0.2) is 529 Å². The first-order chi connectivity index (χ1) is 71.3. The number of rotatable bonds is 21. The molecule has 0 N–H and O–H groups in total. The smallest absolute Gasteiger partial charge is 0.164 e. The summed E-state index contributed by atoms with van der Waals surface area (Å²) in [6, 6.07) is 163. The molecule has 9 aromatic heterocycles. The highest BCUT2D eigenvalue weighted by Crippen LogP contribution is 2.38. The molecule has 15 nitrogen and oxygen atoms in total. The first-order valence-corrected chi connectivity index (χ1v) is 47.5. The Hall–Kier alpha value is -19.8. The van der Waals surface area contributed by atoms with Crippen LogP contribution >= 0.6 is 0 Å². The SMILES string of the molecule is c1ccc(-c2ccc(-c3nc(-c4ccccc4)nc(-c4cccc(-c5ccc(-c6ccc(-c7ccccn7)cn6)cc5)c4)n3)cc2)cc1.c1ccc(-c2ccc(-c3nc(-c4ccccc4)nc(-c4cccc(-c5ccc(-c6ccc(-c7cccnc7)cn6)cc5)c4)n3)cc2)cc1.c1ccc(-c2ccc(-c3nc(-c4ccccc4)nc(-c4cccc(-c5ccc(-c6ccc(-c7ccncc7)cn6)cc5)c4)n3)cc2)cc1. The van der Waals surface area contributed by atoms with Crippen molar-refractivity contribution in [2.45, 2.75) is 0 Å². The summed E-state index contributed by atoms with van der Waals surface area (Å²) in [7, 11) is 0. The van der Waals surface area contributed by atoms with Gasteiger partial charge in [-0.05, 0) is 145 Å². The first-order valence-electron chi connectivity index (χ1n) is 47.5. The zero-order valence-electron chi connectivity index (χ0n) is 77.9. The van der Waals surface area contributed by atoms with E-state index >= 15 is 0 Å². The Morgan fingerprint density at radius 2 is 0.306 bits per heavy atom. The normalized spacial score (nSPS) is 10.9. The van der Waals surface area contributed by atoms with E-state index in [1.165, 1.54) is 16.7 Å². The van der Waals surface area contributed by atoms with Crippen molar-refractivity contribution in [3.05, 3.63) is 529 Å². The molecule has 0 aliphatic rings. The van der Waals surface area contributed by atoms with Crippen LogP contribution in [-0.2, 0) is 0 Å². The minimum absolute atomic E-state index is 0.627. The van der Waals surface area contributed by atoms with E-state index in [4.69, 9.17) is 59.8 Å². The van der Waals surface area contributed by atoms with Gasteiger partial charge in [-0.25, -0.2) is 44.9 Å². The molecule has 0 spiro atoms. The van der Waals surface area contributed by atoms with Crippen molar-refractivity contribution >= 4 is 0 Å². The molecule has 0 atom stereocenters. The summed E-state index contributed by atoms with van der Waals surface area (Å²) < 4.78 is 0. The summed E-state index contributed by atoms with van der Waals surface area (Å²) in [6.07, 6.45) is 14.7. The van der Waals surface area contributed by atoms with E-state index in [9.17, 15) is 0 Å². The van der Waals surface area contributed by atoms with E-state index in [2.05, 4.69) is 336 Å². The quantitative estimate of drug-likeness (QED) is 0.0659. The molecule has 0 saturated heterocycles. The van der Waals surface area contributed by atoms with Crippen LogP contribution in [0.5, 0.6) is 0 Å². The van der Waals surface area contributed by atoms with Gasteiger partial charge in [-0.2, -0.15) is 0 Å². The van der Waals surface area contributed by atoms with Gasteiger partial charge in [0, 0.05) is 139 Å². The second kappa shape index (κ2) is 42.5. The third-order valence-electron chi connectivity index (χ3n) is 24.9. The van der Waals surface area contributed by atoms with Gasteiger partial charge < -0.3 is 0 Å². The molecule has 9 heterocycles. The van der Waals surface area contributed by atoms with Gasteiger partial charge in [0.2, 0.25) is 0 Å². The Labute approximate surface area is 834 Å². The second-order valence-corrected chi connectivity index (χ2v) is 34.3. The van der Waals surface area contributed by atoms with Crippen LogP contribution in [0.1, 0.15) is 0 Å². The fourth-order valence-electron chi connectivity index (χ4n) is 17.2. The first kappa shape index (κ1) is 89.4. The lowest BCUT2D eigenvalue weighted by atomic mass is 10.00. The van der Waals surface area contributed by atoms with Crippen molar-refractivity contribution < 1.29 is 0 Å². The highest BCUT2D eigenvalue weighted by Gasteiger charge is 2.20. The van der Waals surface area contributed by atoms with E-state index < -0.39 is 0 Å². The van der Waals surface area contributed by atoms with E-state index in [1.54, 1.807) is 24.8 Å². The zero-order chi connectivity index (χ0) is 96.4. The molecule has 0 saturated carbocycles. The fraction of sp³-hybridized carbons (Fsp3) is 0. The Bertz CT molecular complexity index is 7660. The lowest BCUT2D eigenvalue weighted by Gasteiger charge is -2.10. The van der Waals surface area contributed by atoms with E-state index in [1.807, 2.05) is 183 Å². The lowest BCUT2D eigenvalue weighted by molar-refractivity contribution is 1.07. The molecule has 24 rings (SSSR count). The van der Waals surface area contributed by atoms with E-state index in [0.29, 0.717) is 52.4 Å². The summed E-state index contributed by atoms with van der Waals surface area (Å²) in [5.74, 6) is 5.70. The van der Waals surface area contributed by atoms with Crippen LogP contribution in [-0.4, -0.2) is 74.8 Å². The Morgan fingerprint density at radius 1 is 0.0972 bits per heavy atom. The predicted octanol–water partition coefficient (Wildman–Crippen LogP) is 31.0. The molecule has 0 fully saturated rings. The van der Waals surface area contributed by atoms with Gasteiger partial charge in [0.1, 0.15) is 0 Å². The maximum Gasteiger partial charge on any atom is 0.164 e. The van der Waals surface area contributed by atoms with Crippen LogP contribution in [0.2, 0.25) is 0 Å². The largest absolute Gasteiger partial charge is 0.265 e. The topological polar surface area (TPSA) is 193 Å². The highest BCUT2D eigenvalue weighted by atomic mass is 15.1. The van der Waals surface area contributed by atoms with Gasteiger partial charge >= 0.3 is 0 Å². The maximum atomic E-state index is 4.99. The van der Waals surface area contributed by atoms with Crippen LogP contribution in [0.25, 0.3) is 237 Å². The van der Waals surface area contributed by atoms with Crippen molar-refractivity contribution in [1.29, 1.82) is 0 Å². The molecule has 0 aliphatic carbocycles. The van der Waals surface area contributed by atoms with Crippen molar-refractivity contribution in [3.8, 4) is 237 Å². The fourth-order valence-corrected chi connectivity index (χ4v) is 17.2. The number of hydrogen-bond donors (Lipinski definition) is 0. The standard InChI is InChI=1S/3C43H29N5/c1-3-9-30(10-4-1)31-18-22-35(23-19-31)42-46-41(34-11-5-2-6-12-34)47-43(48-42)37-14-7-13-36(27-37)32-16-20-33(21-17-32)40-25-24-39(29-45-40)38-15-8-26-44-28-38;1-3-10-30(11-4-1)31-19-23-35(24-20-31)42-46-41(34-12-5-2-6-13-34)47-43(48-42)37-15-9-14-36(28-37)32-17-21-33(22-18-32)40-26-25-38(29-45-40)39-16-7-8-27-44-39;1-3-8-30(9-4-1)31-16-20-36(21-17-31)42-46-41(35-10-5-2-6-11-35)47-43(48-42)38-13-7-12-37(28-38)32-14-18-34(19-15-32)40-23-22-39(29-45-40)33-24-26-44-27-25-33/h3*1-29H. The third-order valence-corrected chi connectivity index (χ3v) is 24.9. The summed E-state index contributed by atoms with van der Waals surface area (Å²) in [6.45, 7) is 0. The number of nitrogens with zero attached hydrogens (tertiary/aromatic N) is 15. The monoisotopic (exact) mass is 1850 g/mol. The summed E-state index contributed by atoms with van der Waals surface area (Å²) in [4.78, 5) is 71.4. The van der Waals surface area contributed by atoms with Crippen LogP contribution in [0, 0.1) is 0 Å². The van der Waals surface area contributed by atoms with Gasteiger partial charge in [-0.15, -0.1) is 0 Å². The van der Waals surface area contributed by atoms with Gasteiger partial charge in [0.25, 0.3) is 0 Å². The minimum Gasteiger partial charge on any atom is -0.265 e. The molecular formula is C129H87N15. The molecule has 0 unspecified atom stereocenters. The van der Waals surface area contributed by atoms with Crippen molar-refractivity contribution in [1.82, 2.24) is 74.8 Å². The molecule has 0 amide bonds. The summed E-state index contributed by atoms with van der Waals surface area (Å²) >= 11 is 0. The van der Waals surface area contributed by atoms with Gasteiger partial charge in [0.15, 0.2) is 52.4 Å². The molecule has 144 heavy (non-hydrogen) atoms. The predicted molar refractivity (Wildman–Crippen MR) is 580 cm³/mol. The number of pyridine rings is 6. The van der Waals surface area contributed by atoms with Gasteiger partial charge in [0.05, 0.1) is 22.8 Å². The Balaban J connectivity index is 0.000000123. The number of benzene rings is 15. The third kappa shape index (κ3) is 21.0. The van der Waals surface area contributed by atoms with Crippen molar-refractivity contribution in [2.24, 2.45) is 0 Å². The van der Waals surface area contributed by atoms with Crippen molar-refractivity contribution in [2.75, 3.05) is 0 Å². The summed E-state index contributed by atoms with van der Waals surface area (Å²) in [5, 5.41) is 0. The zero-order valence-corrected chi connectivity index (χ0v) is 77.9. The summed E-state index contributed by atoms with van der Waals surface area (Å²) in [5.41, 5.74) is 34.0. The molecule has 15 heteroatoms. The molecule has 15 aromatic carbocycles. The maximum absolute atomic E-state index is 4.99. The molecular weight excluding hydrogens is 1760 g/mol. The average Bonchev–Trinajstić information content (AvgIpc) is 0.791. The molecule has 24 aromatic rings. The van der Waals surface area contributed by atoms with E-state index in [-0.39, 0.29) is 0 Å². The number of hydrogen-bond acceptors (Lipinski definition) is 15. The Kier molecular flexibility index (Phi) is 26.4. The van der Waals surface area contributed by atoms with Crippen LogP contribution < -0.4 is 0 Å². The van der Waals surface area contributed by atoms with Gasteiger partial charge in [-0.3, -0.25) is 29.9 Å². The molecule has 0 radical (unpaired) electrons. The minimum atomic E-state index is 0.627. The Morgan fingerprint density at radius 3 is 0.590 bits per heavy atom. The highest BCUT2D eigenvalue weighted by molar-refractivity contribution is 5.82. The van der Waals surface area contributed by atoms with Crippen LogP contribution in [0.4, 0.5) is 0 Å². The average molecular weight is 1850 g/mol. The van der Waals surface area contributed by atoms with E-state index in [0.717, 1.165) is 167 Å². The second-order valence-electron chi connectivity index (χ2n) is 34.3. The van der Waals surface area contributed by atoms with Crippen LogP contribution in [0.3, 0.4) is 0 Å². The van der Waals surface area contributed by atoms with Gasteiger partial charge in [-0.1, -0.05) is 406 Å².